The molecule has 0 fully saturated rings. The van der Waals surface area contributed by atoms with Gasteiger partial charge in [-0.05, 0) is 30.7 Å². The first kappa shape index (κ1) is 19.1. The van der Waals surface area contributed by atoms with Crippen LogP contribution < -0.4 is 16.0 Å². The molecule has 0 unspecified atom stereocenters. The zero-order valence-electron chi connectivity index (χ0n) is 12.7. The quantitative estimate of drug-likeness (QED) is 0.675. The van der Waals surface area contributed by atoms with E-state index in [9.17, 15) is 14.0 Å². The summed E-state index contributed by atoms with van der Waals surface area (Å²) in [5.74, 6) is -0.910. The molecule has 1 aromatic rings. The van der Waals surface area contributed by atoms with Crippen LogP contribution in [-0.4, -0.2) is 38.0 Å². The number of halogens is 2. The van der Waals surface area contributed by atoms with E-state index in [-0.39, 0.29) is 43.0 Å². The summed E-state index contributed by atoms with van der Waals surface area (Å²) < 4.78 is 13.0. The van der Waals surface area contributed by atoms with Gasteiger partial charge in [-0.15, -0.1) is 12.4 Å². The summed E-state index contributed by atoms with van der Waals surface area (Å²) in [5.41, 5.74) is 1.77. The minimum absolute atomic E-state index is 0. The van der Waals surface area contributed by atoms with Gasteiger partial charge in [0.1, 0.15) is 5.82 Å². The van der Waals surface area contributed by atoms with Gasteiger partial charge >= 0.3 is 0 Å². The van der Waals surface area contributed by atoms with E-state index in [1.54, 1.807) is 12.1 Å². The van der Waals surface area contributed by atoms with Crippen LogP contribution in [0, 0.1) is 5.82 Å². The first-order chi connectivity index (χ1) is 10.6. The van der Waals surface area contributed by atoms with Gasteiger partial charge in [-0.25, -0.2) is 4.39 Å². The molecule has 1 aliphatic rings. The highest BCUT2D eigenvalue weighted by atomic mass is 35.5. The fourth-order valence-corrected chi connectivity index (χ4v) is 2.18. The van der Waals surface area contributed by atoms with Crippen LogP contribution in [0.1, 0.15) is 12.0 Å². The summed E-state index contributed by atoms with van der Waals surface area (Å²) in [5, 5.41) is 8.50. The highest BCUT2D eigenvalue weighted by Gasteiger charge is 2.08. The van der Waals surface area contributed by atoms with E-state index in [2.05, 4.69) is 22.0 Å². The number of amides is 2. The number of nitrogens with one attached hydrogen (secondary N) is 3. The number of carbonyl (C=O) groups excluding carboxylic acids is 2. The molecule has 2 rings (SSSR count). The van der Waals surface area contributed by atoms with Crippen LogP contribution in [-0.2, 0) is 16.0 Å². The molecule has 7 heteroatoms. The van der Waals surface area contributed by atoms with Crippen LogP contribution in [0.25, 0.3) is 0 Å². The number of benzene rings is 1. The molecule has 0 saturated heterocycles. The van der Waals surface area contributed by atoms with Crippen LogP contribution >= 0.6 is 12.4 Å². The summed E-state index contributed by atoms with van der Waals surface area (Å²) in [6.45, 7) is 2.20. The predicted octanol–water partition coefficient (Wildman–Crippen LogP) is 0.942. The van der Waals surface area contributed by atoms with E-state index in [1.807, 2.05) is 0 Å². The minimum atomic E-state index is -0.377. The number of hydrogen-bond acceptors (Lipinski definition) is 3. The standard InChI is InChI=1S/C16H20FN3O2.ClH/c17-14-3-1-2-13(8-14)9-15(21)20-11-16(22)19-10-12-4-6-18-7-5-12;/h1-4,8,18H,5-7,9-11H2,(H,19,22)(H,20,21);1H. The maximum absolute atomic E-state index is 13.0. The largest absolute Gasteiger partial charge is 0.351 e. The summed E-state index contributed by atoms with van der Waals surface area (Å²) in [6, 6.07) is 5.86. The van der Waals surface area contributed by atoms with Crippen LogP contribution in [0.4, 0.5) is 4.39 Å². The molecule has 0 aromatic heterocycles. The molecule has 3 N–H and O–H groups in total. The first-order valence-corrected chi connectivity index (χ1v) is 7.30. The molecule has 23 heavy (non-hydrogen) atoms. The third kappa shape index (κ3) is 7.25. The second-order valence-electron chi connectivity index (χ2n) is 5.18. The Morgan fingerprint density at radius 2 is 2.04 bits per heavy atom. The molecule has 5 nitrogen and oxygen atoms in total. The van der Waals surface area contributed by atoms with Crippen molar-refractivity contribution in [3.05, 3.63) is 47.3 Å². The van der Waals surface area contributed by atoms with E-state index >= 15 is 0 Å². The molecule has 0 bridgehead atoms. The van der Waals surface area contributed by atoms with Crippen molar-refractivity contribution >= 4 is 24.2 Å². The zero-order chi connectivity index (χ0) is 15.8. The highest BCUT2D eigenvalue weighted by Crippen LogP contribution is 2.04. The first-order valence-electron chi connectivity index (χ1n) is 7.30. The number of rotatable bonds is 6. The second kappa shape index (κ2) is 9.97. The van der Waals surface area contributed by atoms with Crippen molar-refractivity contribution in [3.8, 4) is 0 Å². The smallest absolute Gasteiger partial charge is 0.239 e. The van der Waals surface area contributed by atoms with Crippen molar-refractivity contribution in [2.75, 3.05) is 26.2 Å². The van der Waals surface area contributed by atoms with Gasteiger partial charge in [0.2, 0.25) is 11.8 Å². The van der Waals surface area contributed by atoms with Crippen LogP contribution in [0.15, 0.2) is 35.9 Å². The third-order valence-corrected chi connectivity index (χ3v) is 3.37. The average Bonchev–Trinajstić information content (AvgIpc) is 2.52. The molecule has 1 aromatic carbocycles. The maximum atomic E-state index is 13.0. The molecule has 0 aliphatic carbocycles. The monoisotopic (exact) mass is 341 g/mol. The van der Waals surface area contributed by atoms with Gasteiger partial charge in [-0.2, -0.15) is 0 Å². The van der Waals surface area contributed by atoms with Crippen molar-refractivity contribution in [3.63, 3.8) is 0 Å². The molecule has 0 spiro atoms. The van der Waals surface area contributed by atoms with Crippen molar-refractivity contribution in [1.29, 1.82) is 0 Å². The van der Waals surface area contributed by atoms with E-state index in [0.717, 1.165) is 19.5 Å². The SMILES string of the molecule is Cl.O=C(CNC(=O)Cc1cccc(F)c1)NCC1=CCNCC1. The Bertz CT molecular complexity index is 578. The van der Waals surface area contributed by atoms with Gasteiger partial charge in [-0.3, -0.25) is 9.59 Å². The van der Waals surface area contributed by atoms with Gasteiger partial charge in [0.25, 0.3) is 0 Å². The molecule has 1 aliphatic heterocycles. The lowest BCUT2D eigenvalue weighted by atomic mass is 10.1. The topological polar surface area (TPSA) is 70.2 Å². The Morgan fingerprint density at radius 3 is 2.74 bits per heavy atom. The lowest BCUT2D eigenvalue weighted by Crippen LogP contribution is -2.38. The maximum Gasteiger partial charge on any atom is 0.239 e. The van der Waals surface area contributed by atoms with Gasteiger partial charge in [0, 0.05) is 13.1 Å². The Morgan fingerprint density at radius 1 is 1.22 bits per heavy atom. The van der Waals surface area contributed by atoms with Crippen LogP contribution in [0.5, 0.6) is 0 Å². The van der Waals surface area contributed by atoms with Crippen LogP contribution in [0.3, 0.4) is 0 Å². The predicted molar refractivity (Wildman–Crippen MR) is 88.9 cm³/mol. The fourth-order valence-electron chi connectivity index (χ4n) is 2.18. The molecular weight excluding hydrogens is 321 g/mol. The summed E-state index contributed by atoms with van der Waals surface area (Å²) in [4.78, 5) is 23.4. The number of hydrogen-bond donors (Lipinski definition) is 3. The Kier molecular flexibility index (Phi) is 8.29. The third-order valence-electron chi connectivity index (χ3n) is 3.37. The summed E-state index contributed by atoms with van der Waals surface area (Å²) in [7, 11) is 0. The fraction of sp³-hybridized carbons (Fsp3) is 0.375. The molecule has 0 atom stereocenters. The van der Waals surface area contributed by atoms with Gasteiger partial charge in [0.05, 0.1) is 13.0 Å². The van der Waals surface area contributed by atoms with Crippen molar-refractivity contribution in [2.24, 2.45) is 0 Å². The minimum Gasteiger partial charge on any atom is -0.351 e. The summed E-state index contributed by atoms with van der Waals surface area (Å²) in [6.07, 6.45) is 3.04. The second-order valence-corrected chi connectivity index (χ2v) is 5.18. The van der Waals surface area contributed by atoms with Gasteiger partial charge in [-0.1, -0.05) is 23.8 Å². The summed E-state index contributed by atoms with van der Waals surface area (Å²) >= 11 is 0. The lowest BCUT2D eigenvalue weighted by molar-refractivity contribution is -0.125. The molecule has 1 heterocycles. The van der Waals surface area contributed by atoms with Crippen LogP contribution in [0.2, 0.25) is 0 Å². The Labute approximate surface area is 141 Å². The van der Waals surface area contributed by atoms with Crippen molar-refractivity contribution < 1.29 is 14.0 Å². The van der Waals surface area contributed by atoms with E-state index in [4.69, 9.17) is 0 Å². The normalized spacial score (nSPS) is 13.5. The molecular formula is C16H21ClFN3O2. The van der Waals surface area contributed by atoms with E-state index in [1.165, 1.54) is 17.7 Å². The molecule has 2 amide bonds. The average molecular weight is 342 g/mol. The van der Waals surface area contributed by atoms with Crippen molar-refractivity contribution in [2.45, 2.75) is 12.8 Å². The molecule has 0 saturated carbocycles. The van der Waals surface area contributed by atoms with E-state index in [0.29, 0.717) is 12.1 Å². The Balaban J connectivity index is 0.00000264. The van der Waals surface area contributed by atoms with Crippen molar-refractivity contribution in [1.82, 2.24) is 16.0 Å². The van der Waals surface area contributed by atoms with Gasteiger partial charge in [0.15, 0.2) is 0 Å². The highest BCUT2D eigenvalue weighted by molar-refractivity contribution is 5.86. The zero-order valence-corrected chi connectivity index (χ0v) is 13.5. The molecule has 126 valence electrons. The van der Waals surface area contributed by atoms with Gasteiger partial charge < -0.3 is 16.0 Å². The lowest BCUT2D eigenvalue weighted by Gasteiger charge is -2.14. The van der Waals surface area contributed by atoms with E-state index < -0.39 is 0 Å². The molecule has 0 radical (unpaired) electrons. The Hall–Kier alpha value is -1.92. The number of carbonyl (C=O) groups is 2.